The van der Waals surface area contributed by atoms with Crippen LogP contribution < -0.4 is 4.74 Å². The van der Waals surface area contributed by atoms with Crippen molar-refractivity contribution in [1.82, 2.24) is 0 Å². The fraction of sp³-hybridized carbons (Fsp3) is 0.600. The van der Waals surface area contributed by atoms with E-state index in [4.69, 9.17) is 4.74 Å². The number of benzene rings is 1. The van der Waals surface area contributed by atoms with Crippen LogP contribution in [-0.2, 0) is 15.4 Å². The molecule has 1 N–H and O–H groups in total. The van der Waals surface area contributed by atoms with Crippen LogP contribution in [-0.4, -0.2) is 31.6 Å². The third-order valence-electron chi connectivity index (χ3n) is 3.90. The topological polar surface area (TPSA) is 63.6 Å². The molecule has 112 valence electrons. The van der Waals surface area contributed by atoms with Crippen molar-refractivity contribution in [3.63, 3.8) is 0 Å². The van der Waals surface area contributed by atoms with Crippen molar-refractivity contribution in [2.24, 2.45) is 0 Å². The van der Waals surface area contributed by atoms with Crippen LogP contribution in [0.2, 0.25) is 0 Å². The highest BCUT2D eigenvalue weighted by molar-refractivity contribution is 7.91. The molecule has 0 bridgehead atoms. The maximum atomic E-state index is 11.8. The summed E-state index contributed by atoms with van der Waals surface area (Å²) in [6, 6.07) is 7.13. The van der Waals surface area contributed by atoms with Crippen molar-refractivity contribution < 1.29 is 18.3 Å². The SMILES string of the molecule is CCCOc1ccc(C2(O)CCCC2S(C)(=O)=O)cc1. The molecule has 0 radical (unpaired) electrons. The second-order valence-corrected chi connectivity index (χ2v) is 7.74. The summed E-state index contributed by atoms with van der Waals surface area (Å²) in [6.45, 7) is 2.68. The van der Waals surface area contributed by atoms with E-state index in [1.165, 1.54) is 6.26 Å². The molecule has 0 aliphatic heterocycles. The molecule has 5 heteroatoms. The highest BCUT2D eigenvalue weighted by Crippen LogP contribution is 2.42. The van der Waals surface area contributed by atoms with E-state index < -0.39 is 20.7 Å². The lowest BCUT2D eigenvalue weighted by molar-refractivity contribution is 0.0476. The van der Waals surface area contributed by atoms with Gasteiger partial charge in [0, 0.05) is 6.26 Å². The van der Waals surface area contributed by atoms with E-state index in [9.17, 15) is 13.5 Å². The van der Waals surface area contributed by atoms with Gasteiger partial charge in [0.2, 0.25) is 0 Å². The highest BCUT2D eigenvalue weighted by atomic mass is 32.2. The Bertz CT molecular complexity index is 550. The van der Waals surface area contributed by atoms with Crippen LogP contribution in [0, 0.1) is 0 Å². The van der Waals surface area contributed by atoms with Crippen LogP contribution in [0.25, 0.3) is 0 Å². The molecule has 4 nitrogen and oxygen atoms in total. The lowest BCUT2D eigenvalue weighted by Gasteiger charge is -2.29. The van der Waals surface area contributed by atoms with Gasteiger partial charge in [-0.25, -0.2) is 8.42 Å². The number of ether oxygens (including phenoxy) is 1. The summed E-state index contributed by atoms with van der Waals surface area (Å²) in [4.78, 5) is 0. The number of aliphatic hydroxyl groups is 1. The quantitative estimate of drug-likeness (QED) is 0.905. The van der Waals surface area contributed by atoms with Crippen molar-refractivity contribution >= 4 is 9.84 Å². The van der Waals surface area contributed by atoms with Gasteiger partial charge >= 0.3 is 0 Å². The van der Waals surface area contributed by atoms with Gasteiger partial charge in [0.25, 0.3) is 0 Å². The largest absolute Gasteiger partial charge is 0.494 e. The fourth-order valence-electron chi connectivity index (χ4n) is 2.91. The maximum Gasteiger partial charge on any atom is 0.153 e. The van der Waals surface area contributed by atoms with Crippen molar-refractivity contribution in [1.29, 1.82) is 0 Å². The minimum Gasteiger partial charge on any atom is -0.494 e. The number of rotatable bonds is 5. The van der Waals surface area contributed by atoms with Crippen LogP contribution in [0.15, 0.2) is 24.3 Å². The minimum absolute atomic E-state index is 0.486. The zero-order valence-electron chi connectivity index (χ0n) is 12.0. The summed E-state index contributed by atoms with van der Waals surface area (Å²) in [5, 5.41) is 10.1. The first-order chi connectivity index (χ1) is 9.38. The van der Waals surface area contributed by atoms with Gasteiger partial charge in [0.1, 0.15) is 11.4 Å². The average Bonchev–Trinajstić information content (AvgIpc) is 2.80. The fourth-order valence-corrected chi connectivity index (χ4v) is 4.47. The first kappa shape index (κ1) is 15.3. The Hall–Kier alpha value is -1.07. The predicted molar refractivity (Wildman–Crippen MR) is 78.6 cm³/mol. The predicted octanol–water partition coefficient (Wildman–Crippen LogP) is 2.26. The summed E-state index contributed by atoms with van der Waals surface area (Å²) in [5.41, 5.74) is -0.606. The van der Waals surface area contributed by atoms with Gasteiger partial charge in [0.15, 0.2) is 9.84 Å². The van der Waals surface area contributed by atoms with E-state index in [0.717, 1.165) is 18.6 Å². The first-order valence-electron chi connectivity index (χ1n) is 7.02. The summed E-state index contributed by atoms with van der Waals surface area (Å²) in [5.74, 6) is 0.744. The Morgan fingerprint density at radius 2 is 2.00 bits per heavy atom. The van der Waals surface area contributed by atoms with Crippen LogP contribution >= 0.6 is 0 Å². The van der Waals surface area contributed by atoms with Crippen LogP contribution in [0.1, 0.15) is 38.2 Å². The maximum absolute atomic E-state index is 11.8. The van der Waals surface area contributed by atoms with E-state index in [0.29, 0.717) is 25.0 Å². The normalized spacial score (nSPS) is 26.6. The molecule has 0 aromatic heterocycles. The number of sulfone groups is 1. The van der Waals surface area contributed by atoms with E-state index in [1.807, 2.05) is 6.92 Å². The Morgan fingerprint density at radius 3 is 2.55 bits per heavy atom. The lowest BCUT2D eigenvalue weighted by Crippen LogP contribution is -2.39. The summed E-state index contributed by atoms with van der Waals surface area (Å²) < 4.78 is 29.2. The molecular formula is C15H22O4S. The molecular weight excluding hydrogens is 276 g/mol. The molecule has 1 fully saturated rings. The molecule has 0 amide bonds. The smallest absolute Gasteiger partial charge is 0.153 e. The molecule has 20 heavy (non-hydrogen) atoms. The zero-order chi connectivity index (χ0) is 14.8. The van der Waals surface area contributed by atoms with Crippen molar-refractivity contribution in [2.75, 3.05) is 12.9 Å². The molecule has 1 aliphatic carbocycles. The standard InChI is InChI=1S/C15H22O4S/c1-3-11-19-13-8-6-12(7-9-13)15(16)10-4-5-14(15)20(2,17)18/h6-9,14,16H,3-5,10-11H2,1-2H3. The van der Waals surface area contributed by atoms with Gasteiger partial charge in [0.05, 0.1) is 11.9 Å². The Labute approximate surface area is 120 Å². The Balaban J connectivity index is 2.25. The van der Waals surface area contributed by atoms with Gasteiger partial charge in [-0.05, 0) is 43.4 Å². The van der Waals surface area contributed by atoms with Crippen molar-refractivity contribution in [3.05, 3.63) is 29.8 Å². The molecule has 0 spiro atoms. The summed E-state index contributed by atoms with van der Waals surface area (Å²) in [7, 11) is -3.26. The molecule has 0 saturated heterocycles. The molecule has 1 aliphatic rings. The number of hydrogen-bond acceptors (Lipinski definition) is 4. The molecule has 1 saturated carbocycles. The summed E-state index contributed by atoms with van der Waals surface area (Å²) in [6.07, 6.45) is 3.86. The monoisotopic (exact) mass is 298 g/mol. The van der Waals surface area contributed by atoms with Gasteiger partial charge in [-0.15, -0.1) is 0 Å². The van der Waals surface area contributed by atoms with E-state index in [2.05, 4.69) is 0 Å². The third-order valence-corrected chi connectivity index (χ3v) is 5.56. The highest BCUT2D eigenvalue weighted by Gasteiger charge is 2.47. The third kappa shape index (κ3) is 2.99. The second kappa shape index (κ2) is 5.74. The van der Waals surface area contributed by atoms with Crippen LogP contribution in [0.3, 0.4) is 0 Å². The van der Waals surface area contributed by atoms with Gasteiger partial charge in [-0.2, -0.15) is 0 Å². The number of hydrogen-bond donors (Lipinski definition) is 1. The van der Waals surface area contributed by atoms with Gasteiger partial charge < -0.3 is 9.84 Å². The molecule has 1 aromatic carbocycles. The average molecular weight is 298 g/mol. The minimum atomic E-state index is -3.26. The summed E-state index contributed by atoms with van der Waals surface area (Å²) >= 11 is 0. The first-order valence-corrected chi connectivity index (χ1v) is 8.98. The van der Waals surface area contributed by atoms with Crippen LogP contribution in [0.5, 0.6) is 5.75 Å². The van der Waals surface area contributed by atoms with Gasteiger partial charge in [-0.1, -0.05) is 19.1 Å². The molecule has 1 aromatic rings. The second-order valence-electron chi connectivity index (χ2n) is 5.51. The van der Waals surface area contributed by atoms with Crippen molar-refractivity contribution in [2.45, 2.75) is 43.5 Å². The molecule has 2 rings (SSSR count). The molecule has 2 atom stereocenters. The van der Waals surface area contributed by atoms with Crippen LogP contribution in [0.4, 0.5) is 0 Å². The van der Waals surface area contributed by atoms with E-state index in [1.54, 1.807) is 24.3 Å². The van der Waals surface area contributed by atoms with E-state index in [-0.39, 0.29) is 0 Å². The Kier molecular flexibility index (Phi) is 4.39. The zero-order valence-corrected chi connectivity index (χ0v) is 12.8. The molecule has 0 heterocycles. The Morgan fingerprint density at radius 1 is 1.35 bits per heavy atom. The van der Waals surface area contributed by atoms with Gasteiger partial charge in [-0.3, -0.25) is 0 Å². The van der Waals surface area contributed by atoms with E-state index >= 15 is 0 Å². The lowest BCUT2D eigenvalue weighted by atomic mass is 9.92. The van der Waals surface area contributed by atoms with Crippen molar-refractivity contribution in [3.8, 4) is 5.75 Å². The molecule has 2 unspecified atom stereocenters.